The number of hydrogen-bond acceptors (Lipinski definition) is 7. The molecule has 0 unspecified atom stereocenters. The van der Waals surface area contributed by atoms with Crippen LogP contribution in [0.4, 0.5) is 5.13 Å². The summed E-state index contributed by atoms with van der Waals surface area (Å²) in [5.74, 6) is -1.43. The second kappa shape index (κ2) is 10.5. The van der Waals surface area contributed by atoms with E-state index in [2.05, 4.69) is 10.3 Å². The van der Waals surface area contributed by atoms with Crippen LogP contribution < -0.4 is 5.32 Å². The minimum Gasteiger partial charge on any atom is -0.452 e. The number of ether oxygens (including phenoxy) is 1. The fourth-order valence-electron chi connectivity index (χ4n) is 3.66. The fraction of sp³-hybridized carbons (Fsp3) is 0.292. The molecule has 0 spiro atoms. The van der Waals surface area contributed by atoms with E-state index in [1.165, 1.54) is 27.8 Å². The van der Waals surface area contributed by atoms with Gasteiger partial charge in [-0.15, -0.1) is 11.3 Å². The van der Waals surface area contributed by atoms with Gasteiger partial charge in [-0.2, -0.15) is 4.31 Å². The number of anilines is 1. The van der Waals surface area contributed by atoms with Gasteiger partial charge in [-0.25, -0.2) is 18.2 Å². The van der Waals surface area contributed by atoms with Crippen LogP contribution in [0.3, 0.4) is 0 Å². The lowest BCUT2D eigenvalue weighted by atomic mass is 10.1. The third-order valence-electron chi connectivity index (χ3n) is 5.47. The van der Waals surface area contributed by atoms with Crippen molar-refractivity contribution in [1.82, 2.24) is 9.29 Å². The average molecular weight is 500 g/mol. The minimum atomic E-state index is -3.83. The lowest BCUT2D eigenvalue weighted by molar-refractivity contribution is -0.119. The van der Waals surface area contributed by atoms with Gasteiger partial charge in [-0.3, -0.25) is 10.1 Å². The number of aryl methyl sites for hydroxylation is 1. The van der Waals surface area contributed by atoms with Crippen LogP contribution >= 0.6 is 11.3 Å². The smallest absolute Gasteiger partial charge is 0.340 e. The number of rotatable bonds is 7. The van der Waals surface area contributed by atoms with Crippen LogP contribution in [0.2, 0.25) is 0 Å². The Balaban J connectivity index is 1.39. The maximum atomic E-state index is 13.1. The van der Waals surface area contributed by atoms with E-state index in [-0.39, 0.29) is 10.5 Å². The van der Waals surface area contributed by atoms with E-state index >= 15 is 0 Å². The molecule has 1 N–H and O–H groups in total. The number of sulfonamides is 1. The number of carbonyl (C=O) groups excluding carboxylic acids is 2. The van der Waals surface area contributed by atoms with Gasteiger partial charge in [0.15, 0.2) is 11.7 Å². The van der Waals surface area contributed by atoms with Crippen LogP contribution in [-0.4, -0.2) is 49.3 Å². The molecule has 8 nitrogen and oxygen atoms in total. The van der Waals surface area contributed by atoms with E-state index in [9.17, 15) is 18.0 Å². The number of aromatic nitrogens is 1. The summed E-state index contributed by atoms with van der Waals surface area (Å²) in [4.78, 5) is 29.3. The molecule has 1 aliphatic heterocycles. The molecule has 178 valence electrons. The average Bonchev–Trinajstić information content (AvgIpc) is 3.32. The summed E-state index contributed by atoms with van der Waals surface area (Å²) in [6.07, 6.45) is 2.55. The fourth-order valence-corrected chi connectivity index (χ4v) is 6.09. The highest BCUT2D eigenvalue weighted by molar-refractivity contribution is 7.89. The third kappa shape index (κ3) is 5.52. The lowest BCUT2D eigenvalue weighted by Gasteiger charge is -2.26. The monoisotopic (exact) mass is 499 g/mol. The Morgan fingerprint density at radius 3 is 2.50 bits per heavy atom. The van der Waals surface area contributed by atoms with Crippen molar-refractivity contribution < 1.29 is 22.7 Å². The second-order valence-corrected chi connectivity index (χ2v) is 10.8. The molecule has 1 aliphatic rings. The van der Waals surface area contributed by atoms with E-state index in [1.807, 2.05) is 36.6 Å². The second-order valence-electron chi connectivity index (χ2n) is 7.99. The largest absolute Gasteiger partial charge is 0.452 e. The molecule has 1 amide bonds. The van der Waals surface area contributed by atoms with E-state index in [0.717, 1.165) is 36.1 Å². The topological polar surface area (TPSA) is 106 Å². The summed E-state index contributed by atoms with van der Waals surface area (Å²) >= 11 is 1.26. The van der Waals surface area contributed by atoms with Gasteiger partial charge in [0.25, 0.3) is 5.91 Å². The summed E-state index contributed by atoms with van der Waals surface area (Å²) in [7, 11) is -3.83. The molecular formula is C24H25N3O5S2. The van der Waals surface area contributed by atoms with Gasteiger partial charge in [0.2, 0.25) is 10.0 Å². The number of piperidine rings is 1. The van der Waals surface area contributed by atoms with Crippen molar-refractivity contribution >= 4 is 38.4 Å². The van der Waals surface area contributed by atoms with Crippen molar-refractivity contribution in [2.24, 2.45) is 0 Å². The number of nitrogens with zero attached hydrogens (tertiary/aromatic N) is 2. The first kappa shape index (κ1) is 24.1. The number of benzene rings is 2. The van der Waals surface area contributed by atoms with E-state index < -0.39 is 28.5 Å². The molecule has 10 heteroatoms. The molecule has 3 aromatic rings. The third-order valence-corrected chi connectivity index (χ3v) is 8.19. The zero-order valence-corrected chi connectivity index (χ0v) is 20.3. The molecular weight excluding hydrogens is 474 g/mol. The van der Waals surface area contributed by atoms with Gasteiger partial charge in [-0.05, 0) is 31.9 Å². The highest BCUT2D eigenvalue weighted by atomic mass is 32.2. The molecule has 0 atom stereocenters. The number of nitrogens with one attached hydrogen (secondary N) is 1. The number of amides is 1. The molecule has 34 heavy (non-hydrogen) atoms. The van der Waals surface area contributed by atoms with Gasteiger partial charge in [-0.1, -0.05) is 48.4 Å². The number of carbonyl (C=O) groups is 2. The van der Waals surface area contributed by atoms with Gasteiger partial charge < -0.3 is 4.74 Å². The van der Waals surface area contributed by atoms with Crippen LogP contribution in [0, 0.1) is 6.92 Å². The summed E-state index contributed by atoms with van der Waals surface area (Å²) in [5, 5.41) is 4.82. The molecule has 2 aromatic carbocycles. The van der Waals surface area contributed by atoms with E-state index in [1.54, 1.807) is 12.1 Å². The first-order valence-electron chi connectivity index (χ1n) is 10.9. The Labute approximate surface area is 202 Å². The highest BCUT2D eigenvalue weighted by Gasteiger charge is 2.30. The zero-order chi connectivity index (χ0) is 24.1. The number of hydrogen-bond donors (Lipinski definition) is 1. The highest BCUT2D eigenvalue weighted by Crippen LogP contribution is 2.26. The van der Waals surface area contributed by atoms with Crippen molar-refractivity contribution in [1.29, 1.82) is 0 Å². The summed E-state index contributed by atoms with van der Waals surface area (Å²) in [6, 6.07) is 13.8. The summed E-state index contributed by atoms with van der Waals surface area (Å²) in [6.45, 7) is 2.29. The molecule has 1 saturated heterocycles. The zero-order valence-electron chi connectivity index (χ0n) is 18.7. The Kier molecular flexibility index (Phi) is 7.40. The quantitative estimate of drug-likeness (QED) is 0.491. The van der Waals surface area contributed by atoms with Crippen molar-refractivity contribution in [3.63, 3.8) is 0 Å². The molecule has 4 rings (SSSR count). The molecule has 0 aliphatic carbocycles. The Bertz CT molecular complexity index is 1280. The Morgan fingerprint density at radius 1 is 1.06 bits per heavy atom. The maximum Gasteiger partial charge on any atom is 0.340 e. The Hall–Kier alpha value is -3.08. The standard InChI is InChI=1S/C24H25N3O5S2/c1-17-9-11-18(12-10-17)20-16-33-24(25-20)26-22(28)15-32-23(29)19-7-3-4-8-21(19)34(30,31)27-13-5-2-6-14-27/h3-4,7-12,16H,2,5-6,13-15H2,1H3,(H,25,26,28). The Morgan fingerprint density at radius 2 is 1.76 bits per heavy atom. The van der Waals surface area contributed by atoms with Crippen molar-refractivity contribution in [2.45, 2.75) is 31.1 Å². The van der Waals surface area contributed by atoms with Crippen LogP contribution in [-0.2, 0) is 19.6 Å². The lowest BCUT2D eigenvalue weighted by Crippen LogP contribution is -2.36. The van der Waals surface area contributed by atoms with Crippen LogP contribution in [0.5, 0.6) is 0 Å². The molecule has 0 radical (unpaired) electrons. The summed E-state index contributed by atoms with van der Waals surface area (Å²) in [5.41, 5.74) is 2.71. The summed E-state index contributed by atoms with van der Waals surface area (Å²) < 4.78 is 32.6. The molecule has 2 heterocycles. The van der Waals surface area contributed by atoms with Crippen molar-refractivity contribution in [3.05, 3.63) is 65.0 Å². The molecule has 1 fully saturated rings. The van der Waals surface area contributed by atoms with E-state index in [0.29, 0.717) is 18.2 Å². The maximum absolute atomic E-state index is 13.1. The number of thiazole rings is 1. The first-order valence-corrected chi connectivity index (χ1v) is 13.3. The van der Waals surface area contributed by atoms with Gasteiger partial charge in [0, 0.05) is 24.0 Å². The van der Waals surface area contributed by atoms with Gasteiger partial charge >= 0.3 is 5.97 Å². The number of esters is 1. The van der Waals surface area contributed by atoms with Crippen LogP contribution in [0.15, 0.2) is 58.8 Å². The normalized spacial score (nSPS) is 14.5. The van der Waals surface area contributed by atoms with Crippen LogP contribution in [0.1, 0.15) is 35.2 Å². The van der Waals surface area contributed by atoms with Gasteiger partial charge in [0.05, 0.1) is 16.2 Å². The predicted octanol–water partition coefficient (Wildman–Crippen LogP) is 4.09. The first-order chi connectivity index (χ1) is 16.3. The molecule has 0 saturated carbocycles. The minimum absolute atomic E-state index is 0.0863. The molecule has 1 aromatic heterocycles. The predicted molar refractivity (Wildman–Crippen MR) is 130 cm³/mol. The molecule has 0 bridgehead atoms. The SMILES string of the molecule is Cc1ccc(-c2csc(NC(=O)COC(=O)c3ccccc3S(=O)(=O)N3CCCCC3)n2)cc1. The van der Waals surface area contributed by atoms with Crippen molar-refractivity contribution in [2.75, 3.05) is 25.0 Å². The van der Waals surface area contributed by atoms with Crippen LogP contribution in [0.25, 0.3) is 11.3 Å². The van der Waals surface area contributed by atoms with Crippen molar-refractivity contribution in [3.8, 4) is 11.3 Å². The van der Waals surface area contributed by atoms with Gasteiger partial charge in [0.1, 0.15) is 0 Å². The van der Waals surface area contributed by atoms with E-state index in [4.69, 9.17) is 4.74 Å².